The summed E-state index contributed by atoms with van der Waals surface area (Å²) in [6.07, 6.45) is -0.268. The molecule has 12 heteroatoms. The van der Waals surface area contributed by atoms with Crippen LogP contribution in [0.15, 0.2) is 30.3 Å². The Morgan fingerprint density at radius 3 is 2.34 bits per heavy atom. The second-order valence-electron chi connectivity index (χ2n) is 7.15. The second kappa shape index (κ2) is 8.67. The largest absolute Gasteiger partial charge is 0.444 e. The smallest absolute Gasteiger partial charge is 0.425 e. The van der Waals surface area contributed by atoms with Crippen molar-refractivity contribution < 1.29 is 31.2 Å². The van der Waals surface area contributed by atoms with Crippen molar-refractivity contribution in [3.8, 4) is 0 Å². The first-order valence-corrected chi connectivity index (χ1v) is 12.1. The Morgan fingerprint density at radius 1 is 1.24 bits per heavy atom. The molecule has 10 nitrogen and oxygen atoms in total. The van der Waals surface area contributed by atoms with E-state index in [-0.39, 0.29) is 23.3 Å². The highest BCUT2D eigenvalue weighted by Crippen LogP contribution is 2.27. The van der Waals surface area contributed by atoms with E-state index in [2.05, 4.69) is 0 Å². The van der Waals surface area contributed by atoms with Gasteiger partial charge in [-0.25, -0.2) is 17.5 Å². The lowest BCUT2D eigenvalue weighted by atomic mass is 10.0. The van der Waals surface area contributed by atoms with Gasteiger partial charge in [-0.05, 0) is 17.9 Å². The second-order valence-corrected chi connectivity index (χ2v) is 11.0. The molecule has 162 valence electrons. The summed E-state index contributed by atoms with van der Waals surface area (Å²) in [4.78, 5) is 25.1. The molecule has 1 atom stereocenters. The minimum Gasteiger partial charge on any atom is -0.444 e. The van der Waals surface area contributed by atoms with Crippen molar-refractivity contribution in [2.24, 2.45) is 5.92 Å². The van der Waals surface area contributed by atoms with E-state index >= 15 is 0 Å². The van der Waals surface area contributed by atoms with Crippen molar-refractivity contribution in [2.45, 2.75) is 32.9 Å². The van der Waals surface area contributed by atoms with E-state index in [0.29, 0.717) is 9.87 Å². The predicted molar refractivity (Wildman–Crippen MR) is 105 cm³/mol. The maximum atomic E-state index is 12.7. The van der Waals surface area contributed by atoms with Crippen LogP contribution in [0.2, 0.25) is 0 Å². The first-order chi connectivity index (χ1) is 13.4. The Morgan fingerprint density at radius 2 is 1.83 bits per heavy atom. The molecule has 0 aliphatic carbocycles. The van der Waals surface area contributed by atoms with Gasteiger partial charge in [0.15, 0.2) is 0 Å². The lowest BCUT2D eigenvalue weighted by molar-refractivity contribution is -0.128. The van der Waals surface area contributed by atoms with Gasteiger partial charge in [-0.3, -0.25) is 4.79 Å². The van der Waals surface area contributed by atoms with Gasteiger partial charge in [-0.2, -0.15) is 17.0 Å². The van der Waals surface area contributed by atoms with E-state index in [1.165, 1.54) is 7.05 Å². The quantitative estimate of drug-likeness (QED) is 0.611. The molecule has 0 saturated carbocycles. The number of rotatable bonds is 7. The van der Waals surface area contributed by atoms with Crippen molar-refractivity contribution in [3.05, 3.63) is 35.9 Å². The zero-order valence-corrected chi connectivity index (χ0v) is 18.3. The Balaban J connectivity index is 2.23. The van der Waals surface area contributed by atoms with Crippen molar-refractivity contribution in [2.75, 3.05) is 20.0 Å². The zero-order valence-electron chi connectivity index (χ0n) is 16.7. The van der Waals surface area contributed by atoms with E-state index in [9.17, 15) is 26.4 Å². The minimum atomic E-state index is -4.26. The molecule has 2 rings (SSSR count). The lowest BCUT2D eigenvalue weighted by Crippen LogP contribution is -2.47. The maximum absolute atomic E-state index is 12.7. The van der Waals surface area contributed by atoms with E-state index in [0.717, 1.165) is 10.6 Å². The fourth-order valence-corrected chi connectivity index (χ4v) is 4.94. The third kappa shape index (κ3) is 5.25. The number of nitrogens with zero attached hydrogens (tertiary/aromatic N) is 3. The summed E-state index contributed by atoms with van der Waals surface area (Å²) >= 11 is 0. The molecule has 0 bridgehead atoms. The molecule has 29 heavy (non-hydrogen) atoms. The van der Waals surface area contributed by atoms with Gasteiger partial charge in [0.05, 0.1) is 6.26 Å². The Hall–Kier alpha value is -2.18. The van der Waals surface area contributed by atoms with Crippen molar-refractivity contribution in [1.82, 2.24) is 12.9 Å². The number of ether oxygens (including phenoxy) is 1. The average molecular weight is 448 g/mol. The zero-order chi connectivity index (χ0) is 22.0. The average Bonchev–Trinajstić information content (AvgIpc) is 2.77. The molecule has 1 aliphatic rings. The number of hydrogen-bond donors (Lipinski definition) is 0. The van der Waals surface area contributed by atoms with Crippen LogP contribution in [0.25, 0.3) is 0 Å². The number of sulfonamides is 1. The Kier molecular flexibility index (Phi) is 6.91. The Bertz CT molecular complexity index is 962. The third-order valence-corrected chi connectivity index (χ3v) is 7.27. The van der Waals surface area contributed by atoms with Crippen molar-refractivity contribution in [1.29, 1.82) is 0 Å². The lowest BCUT2D eigenvalue weighted by Gasteiger charge is -2.24. The molecule has 1 unspecified atom stereocenters. The normalized spacial score (nSPS) is 19.6. The molecule has 0 radical (unpaired) electrons. The van der Waals surface area contributed by atoms with Crippen LogP contribution in [0.3, 0.4) is 0 Å². The summed E-state index contributed by atoms with van der Waals surface area (Å²) in [5.41, 5.74) is 0.621. The first-order valence-electron chi connectivity index (χ1n) is 8.83. The summed E-state index contributed by atoms with van der Waals surface area (Å²) in [5, 5.41) is 0. The monoisotopic (exact) mass is 447 g/mol. The fourth-order valence-electron chi connectivity index (χ4n) is 2.80. The number of carbonyl (C=O) groups excluding carboxylic acids is 2. The Labute approximate surface area is 171 Å². The van der Waals surface area contributed by atoms with Gasteiger partial charge in [0.25, 0.3) is 5.91 Å². The standard InChI is InChI=1S/C17H25N3O7S2/c1-13(2)10-15-16(21)19(29(25,26)18(15)3)12-20(28(4,23)24)17(22)27-11-14-8-6-5-7-9-14/h5-9,13,15H,10-12H2,1-4H3. The van der Waals surface area contributed by atoms with Crippen LogP contribution in [-0.2, 0) is 36.4 Å². The molecule has 0 aromatic heterocycles. The van der Waals surface area contributed by atoms with Gasteiger partial charge < -0.3 is 4.74 Å². The number of likely N-dealkylation sites (N-methyl/N-ethyl adjacent to an activating group) is 1. The van der Waals surface area contributed by atoms with Gasteiger partial charge in [0, 0.05) is 7.05 Å². The SMILES string of the molecule is CC(C)CC1C(=O)N(CN(C(=O)OCc2ccccc2)S(C)(=O)=O)S(=O)(=O)N1C. The molecular weight excluding hydrogens is 422 g/mol. The van der Waals surface area contributed by atoms with E-state index in [4.69, 9.17) is 4.74 Å². The van der Waals surface area contributed by atoms with E-state index in [1.54, 1.807) is 30.3 Å². The number of amides is 2. The molecule has 2 amide bonds. The van der Waals surface area contributed by atoms with Crippen LogP contribution in [0.5, 0.6) is 0 Å². The van der Waals surface area contributed by atoms with Crippen LogP contribution in [0, 0.1) is 5.92 Å². The van der Waals surface area contributed by atoms with Crippen LogP contribution >= 0.6 is 0 Å². The third-order valence-electron chi connectivity index (χ3n) is 4.37. The molecule has 1 fully saturated rings. The summed E-state index contributed by atoms with van der Waals surface area (Å²) in [6, 6.07) is 7.61. The van der Waals surface area contributed by atoms with Gasteiger partial charge >= 0.3 is 16.3 Å². The highest BCUT2D eigenvalue weighted by Gasteiger charge is 2.50. The molecule has 1 aromatic carbocycles. The highest BCUT2D eigenvalue weighted by atomic mass is 32.2. The number of benzene rings is 1. The van der Waals surface area contributed by atoms with E-state index in [1.807, 2.05) is 13.8 Å². The highest BCUT2D eigenvalue weighted by molar-refractivity contribution is 7.89. The van der Waals surface area contributed by atoms with Crippen LogP contribution < -0.4 is 0 Å². The predicted octanol–water partition coefficient (Wildman–Crippen LogP) is 0.976. The first kappa shape index (κ1) is 23.1. The van der Waals surface area contributed by atoms with Gasteiger partial charge in [0.2, 0.25) is 10.0 Å². The number of hydrogen-bond acceptors (Lipinski definition) is 7. The van der Waals surface area contributed by atoms with Crippen molar-refractivity contribution >= 4 is 32.2 Å². The van der Waals surface area contributed by atoms with Gasteiger partial charge in [-0.1, -0.05) is 44.2 Å². The molecular formula is C17H25N3O7S2. The minimum absolute atomic E-state index is 0.0309. The van der Waals surface area contributed by atoms with Gasteiger partial charge in [-0.15, -0.1) is 0 Å². The summed E-state index contributed by atoms with van der Waals surface area (Å²) in [6.45, 7) is 2.48. The van der Waals surface area contributed by atoms with Crippen molar-refractivity contribution in [3.63, 3.8) is 0 Å². The fraction of sp³-hybridized carbons (Fsp3) is 0.529. The molecule has 1 aromatic rings. The van der Waals surface area contributed by atoms with Crippen LogP contribution in [-0.4, -0.2) is 67.8 Å². The molecule has 0 N–H and O–H groups in total. The number of carbonyl (C=O) groups is 2. The van der Waals surface area contributed by atoms with E-state index < -0.39 is 44.9 Å². The topological polar surface area (TPSA) is 121 Å². The van der Waals surface area contributed by atoms with Crippen LogP contribution in [0.4, 0.5) is 4.79 Å². The molecule has 1 saturated heterocycles. The van der Waals surface area contributed by atoms with Gasteiger partial charge in [0.1, 0.15) is 19.3 Å². The van der Waals surface area contributed by atoms with Crippen LogP contribution in [0.1, 0.15) is 25.8 Å². The molecule has 1 heterocycles. The molecule has 1 aliphatic heterocycles. The maximum Gasteiger partial charge on any atom is 0.425 e. The molecule has 0 spiro atoms. The summed E-state index contributed by atoms with van der Waals surface area (Å²) < 4.78 is 56.0. The summed E-state index contributed by atoms with van der Waals surface area (Å²) in [7, 11) is -7.22. The summed E-state index contributed by atoms with van der Waals surface area (Å²) in [5.74, 6) is -0.755.